The molecule has 0 aromatic carbocycles. The lowest BCUT2D eigenvalue weighted by Gasteiger charge is -2.07. The van der Waals surface area contributed by atoms with Crippen molar-refractivity contribution in [3.8, 4) is 0 Å². The second-order valence-electron chi connectivity index (χ2n) is 3.08. The predicted octanol–water partition coefficient (Wildman–Crippen LogP) is 1.59. The second-order valence-corrected chi connectivity index (χ2v) is 3.08. The molecule has 1 N–H and O–H groups in total. The Morgan fingerprint density at radius 2 is 2.42 bits per heavy atom. The molecular formula is C9H14O3. The number of rotatable bonds is 4. The van der Waals surface area contributed by atoms with Gasteiger partial charge in [-0.15, -0.1) is 0 Å². The van der Waals surface area contributed by atoms with Crippen LogP contribution < -0.4 is 0 Å². The van der Waals surface area contributed by atoms with Crippen molar-refractivity contribution in [1.29, 1.82) is 0 Å². The Hall–Kier alpha value is -0.830. The first-order valence-corrected chi connectivity index (χ1v) is 4.23. The summed E-state index contributed by atoms with van der Waals surface area (Å²) in [6.07, 6.45) is 3.77. The van der Waals surface area contributed by atoms with E-state index in [1.807, 2.05) is 0 Å². The van der Waals surface area contributed by atoms with E-state index >= 15 is 0 Å². The monoisotopic (exact) mass is 170 g/mol. The van der Waals surface area contributed by atoms with Crippen molar-refractivity contribution in [3.63, 3.8) is 0 Å². The van der Waals surface area contributed by atoms with Gasteiger partial charge in [-0.1, -0.05) is 6.58 Å². The predicted molar refractivity (Wildman–Crippen MR) is 45.0 cm³/mol. The molecule has 12 heavy (non-hydrogen) atoms. The first kappa shape index (κ1) is 9.26. The van der Waals surface area contributed by atoms with Crippen molar-refractivity contribution in [1.82, 2.24) is 0 Å². The van der Waals surface area contributed by atoms with Gasteiger partial charge in [-0.05, 0) is 25.7 Å². The summed E-state index contributed by atoms with van der Waals surface area (Å²) < 4.78 is 5.35. The van der Waals surface area contributed by atoms with E-state index in [9.17, 15) is 4.79 Å². The number of hydrogen-bond acceptors (Lipinski definition) is 2. The Bertz CT molecular complexity index is 180. The van der Waals surface area contributed by atoms with Crippen LogP contribution in [0.25, 0.3) is 0 Å². The molecule has 68 valence electrons. The summed E-state index contributed by atoms with van der Waals surface area (Å²) in [7, 11) is 0. The zero-order valence-corrected chi connectivity index (χ0v) is 7.08. The largest absolute Gasteiger partial charge is 0.478 e. The van der Waals surface area contributed by atoms with Gasteiger partial charge in [0.25, 0.3) is 0 Å². The maximum atomic E-state index is 10.4. The molecule has 3 heteroatoms. The summed E-state index contributed by atoms with van der Waals surface area (Å²) in [5, 5.41) is 8.52. The molecule has 1 rings (SSSR count). The molecule has 1 aliphatic heterocycles. The second kappa shape index (κ2) is 4.26. The van der Waals surface area contributed by atoms with Crippen LogP contribution in [0.15, 0.2) is 12.2 Å². The van der Waals surface area contributed by atoms with Crippen LogP contribution in [0.5, 0.6) is 0 Å². The Labute approximate surface area is 72.0 Å². The molecule has 1 aliphatic rings. The van der Waals surface area contributed by atoms with Crippen LogP contribution in [0.3, 0.4) is 0 Å². The molecule has 0 aromatic heterocycles. The van der Waals surface area contributed by atoms with Crippen LogP contribution in [-0.4, -0.2) is 23.8 Å². The van der Waals surface area contributed by atoms with E-state index in [0.717, 1.165) is 25.9 Å². The average molecular weight is 170 g/mol. The zero-order valence-electron chi connectivity index (χ0n) is 7.08. The molecule has 0 aliphatic carbocycles. The number of carbonyl (C=O) groups is 1. The topological polar surface area (TPSA) is 46.5 Å². The fraction of sp³-hybridized carbons (Fsp3) is 0.667. The molecule has 1 saturated heterocycles. The highest BCUT2D eigenvalue weighted by molar-refractivity contribution is 5.85. The van der Waals surface area contributed by atoms with Gasteiger partial charge in [-0.25, -0.2) is 4.79 Å². The third-order valence-corrected chi connectivity index (χ3v) is 2.09. The summed E-state index contributed by atoms with van der Waals surface area (Å²) in [5.74, 6) is -0.895. The highest BCUT2D eigenvalue weighted by atomic mass is 16.5. The lowest BCUT2D eigenvalue weighted by Crippen LogP contribution is -2.07. The highest BCUT2D eigenvalue weighted by Gasteiger charge is 2.16. The molecule has 0 spiro atoms. The van der Waals surface area contributed by atoms with E-state index < -0.39 is 5.97 Å². The molecule has 1 atom stereocenters. The van der Waals surface area contributed by atoms with Crippen LogP contribution >= 0.6 is 0 Å². The number of carboxylic acids is 1. The average Bonchev–Trinajstić information content (AvgIpc) is 2.51. The normalized spacial score (nSPS) is 22.5. The summed E-state index contributed by atoms with van der Waals surface area (Å²) in [6, 6.07) is 0. The Kier molecular flexibility index (Phi) is 3.29. The van der Waals surface area contributed by atoms with E-state index in [4.69, 9.17) is 9.84 Å². The molecular weight excluding hydrogens is 156 g/mol. The molecule has 0 aromatic rings. The Morgan fingerprint density at radius 3 is 2.92 bits per heavy atom. The minimum Gasteiger partial charge on any atom is -0.478 e. The first-order chi connectivity index (χ1) is 5.70. The maximum Gasteiger partial charge on any atom is 0.330 e. The Morgan fingerprint density at radius 1 is 1.67 bits per heavy atom. The summed E-state index contributed by atoms with van der Waals surface area (Å²) in [5.41, 5.74) is 0.283. The van der Waals surface area contributed by atoms with Crippen molar-refractivity contribution < 1.29 is 14.6 Å². The van der Waals surface area contributed by atoms with Gasteiger partial charge < -0.3 is 9.84 Å². The fourth-order valence-corrected chi connectivity index (χ4v) is 1.31. The van der Waals surface area contributed by atoms with Crippen molar-refractivity contribution in [2.75, 3.05) is 6.61 Å². The summed E-state index contributed by atoms with van der Waals surface area (Å²) in [4.78, 5) is 10.4. The first-order valence-electron chi connectivity index (χ1n) is 4.23. The van der Waals surface area contributed by atoms with Crippen molar-refractivity contribution in [3.05, 3.63) is 12.2 Å². The van der Waals surface area contributed by atoms with Crippen molar-refractivity contribution >= 4 is 5.97 Å². The minimum absolute atomic E-state index is 0.265. The molecule has 1 unspecified atom stereocenters. The van der Waals surface area contributed by atoms with Gasteiger partial charge in [-0.2, -0.15) is 0 Å². The maximum absolute atomic E-state index is 10.4. The van der Waals surface area contributed by atoms with Gasteiger partial charge in [0.1, 0.15) is 0 Å². The van der Waals surface area contributed by atoms with Gasteiger partial charge in [0.2, 0.25) is 0 Å². The lowest BCUT2D eigenvalue weighted by atomic mass is 10.1. The van der Waals surface area contributed by atoms with E-state index in [1.54, 1.807) is 0 Å². The molecule has 0 radical (unpaired) electrons. The molecule has 0 saturated carbocycles. The third kappa shape index (κ3) is 2.66. The van der Waals surface area contributed by atoms with Crippen molar-refractivity contribution in [2.24, 2.45) is 0 Å². The molecule has 1 fully saturated rings. The smallest absolute Gasteiger partial charge is 0.330 e. The highest BCUT2D eigenvalue weighted by Crippen LogP contribution is 2.18. The standard InChI is InChI=1S/C9H14O3/c1-7(9(10)11)4-5-8-3-2-6-12-8/h8H,1-6H2,(H,10,11). The molecule has 0 amide bonds. The van der Waals surface area contributed by atoms with Crippen LogP contribution in [0.4, 0.5) is 0 Å². The Balaban J connectivity index is 2.16. The molecule has 0 bridgehead atoms. The SMILES string of the molecule is C=C(CCC1CCCO1)C(=O)O. The summed E-state index contributed by atoms with van der Waals surface area (Å²) in [6.45, 7) is 4.28. The number of hydrogen-bond donors (Lipinski definition) is 1. The van der Waals surface area contributed by atoms with Crippen LogP contribution in [0.1, 0.15) is 25.7 Å². The summed E-state index contributed by atoms with van der Waals surface area (Å²) >= 11 is 0. The van der Waals surface area contributed by atoms with Gasteiger partial charge in [0.05, 0.1) is 6.10 Å². The molecule has 3 nitrogen and oxygen atoms in total. The minimum atomic E-state index is -0.895. The zero-order chi connectivity index (χ0) is 8.97. The van der Waals surface area contributed by atoms with Crippen LogP contribution in [-0.2, 0) is 9.53 Å². The number of aliphatic carboxylic acids is 1. The lowest BCUT2D eigenvalue weighted by molar-refractivity contribution is -0.132. The van der Waals surface area contributed by atoms with E-state index in [-0.39, 0.29) is 11.7 Å². The third-order valence-electron chi connectivity index (χ3n) is 2.09. The van der Waals surface area contributed by atoms with Crippen molar-refractivity contribution in [2.45, 2.75) is 31.8 Å². The van der Waals surface area contributed by atoms with Crippen LogP contribution in [0.2, 0.25) is 0 Å². The van der Waals surface area contributed by atoms with Gasteiger partial charge in [0, 0.05) is 12.2 Å². The number of ether oxygens (including phenoxy) is 1. The van der Waals surface area contributed by atoms with Crippen LogP contribution in [0, 0.1) is 0 Å². The van der Waals surface area contributed by atoms with Gasteiger partial charge in [0.15, 0.2) is 0 Å². The van der Waals surface area contributed by atoms with Gasteiger partial charge in [-0.3, -0.25) is 0 Å². The fourth-order valence-electron chi connectivity index (χ4n) is 1.31. The van der Waals surface area contributed by atoms with E-state index in [0.29, 0.717) is 6.42 Å². The quantitative estimate of drug-likeness (QED) is 0.651. The van der Waals surface area contributed by atoms with Gasteiger partial charge >= 0.3 is 5.97 Å². The van der Waals surface area contributed by atoms with E-state index in [1.165, 1.54) is 0 Å². The van der Waals surface area contributed by atoms with E-state index in [2.05, 4.69) is 6.58 Å². The molecule has 1 heterocycles. The number of carboxylic acid groups (broad SMARTS) is 1.